The molecule has 1 aliphatic rings. The Morgan fingerprint density at radius 1 is 1.09 bits per heavy atom. The maximum atomic E-state index is 13.1. The first-order valence-electron chi connectivity index (χ1n) is 10.3. The predicted molar refractivity (Wildman–Crippen MR) is 120 cm³/mol. The Balaban J connectivity index is 1.89. The van der Waals surface area contributed by atoms with Gasteiger partial charge in [0.25, 0.3) is 5.78 Å². The summed E-state index contributed by atoms with van der Waals surface area (Å²) in [6, 6.07) is 15.0. The number of aliphatic hydroxyl groups is 1. The van der Waals surface area contributed by atoms with E-state index in [2.05, 4.69) is 19.0 Å². The monoisotopic (exact) mass is 432 g/mol. The van der Waals surface area contributed by atoms with Gasteiger partial charge in [-0.1, -0.05) is 43.3 Å². The summed E-state index contributed by atoms with van der Waals surface area (Å²) in [5, 5.41) is 15.1. The van der Waals surface area contributed by atoms with E-state index in [9.17, 15) is 14.7 Å². The number of methoxy groups -OCH3 is 1. The van der Waals surface area contributed by atoms with Crippen molar-refractivity contribution in [1.82, 2.24) is 5.16 Å². The number of benzene rings is 2. The second kappa shape index (κ2) is 8.34. The first-order valence-corrected chi connectivity index (χ1v) is 10.3. The van der Waals surface area contributed by atoms with Crippen LogP contribution < -0.4 is 9.64 Å². The molecule has 0 radical (unpaired) electrons. The number of anilines is 1. The van der Waals surface area contributed by atoms with Crippen molar-refractivity contribution in [3.63, 3.8) is 0 Å². The molecule has 2 aromatic carbocycles. The van der Waals surface area contributed by atoms with Gasteiger partial charge in [0, 0.05) is 11.6 Å². The van der Waals surface area contributed by atoms with Gasteiger partial charge in [0.15, 0.2) is 5.82 Å². The zero-order valence-corrected chi connectivity index (χ0v) is 18.3. The van der Waals surface area contributed by atoms with Gasteiger partial charge in [-0.3, -0.25) is 14.5 Å². The third-order valence-electron chi connectivity index (χ3n) is 5.59. The van der Waals surface area contributed by atoms with E-state index in [1.165, 1.54) is 4.90 Å². The van der Waals surface area contributed by atoms with E-state index in [4.69, 9.17) is 9.26 Å². The Hall–Kier alpha value is -3.87. The largest absolute Gasteiger partial charge is 0.507 e. The molecule has 7 nitrogen and oxygen atoms in total. The Morgan fingerprint density at radius 3 is 2.28 bits per heavy atom. The molecule has 32 heavy (non-hydrogen) atoms. The lowest BCUT2D eigenvalue weighted by atomic mass is 9.93. The first-order chi connectivity index (χ1) is 15.3. The van der Waals surface area contributed by atoms with Gasteiger partial charge < -0.3 is 14.4 Å². The van der Waals surface area contributed by atoms with Crippen LogP contribution in [0.15, 0.2) is 64.7 Å². The molecule has 164 valence electrons. The number of hydrogen-bond donors (Lipinski definition) is 1. The summed E-state index contributed by atoms with van der Waals surface area (Å²) in [6.07, 6.45) is 0. The normalized spacial score (nSPS) is 17.9. The van der Waals surface area contributed by atoms with Crippen LogP contribution in [0.1, 0.15) is 48.3 Å². The molecule has 0 saturated carbocycles. The third-order valence-corrected chi connectivity index (χ3v) is 5.59. The number of aryl methyl sites for hydroxylation is 1. The van der Waals surface area contributed by atoms with Crippen LogP contribution in [-0.4, -0.2) is 29.1 Å². The van der Waals surface area contributed by atoms with Crippen molar-refractivity contribution in [3.05, 3.63) is 82.6 Å². The van der Waals surface area contributed by atoms with Gasteiger partial charge in [0.05, 0.1) is 18.7 Å². The molecule has 3 aromatic rings. The van der Waals surface area contributed by atoms with Crippen molar-refractivity contribution >= 4 is 23.3 Å². The van der Waals surface area contributed by atoms with E-state index < -0.39 is 17.7 Å². The highest BCUT2D eigenvalue weighted by Crippen LogP contribution is 2.42. The van der Waals surface area contributed by atoms with Crippen LogP contribution in [0.4, 0.5) is 5.82 Å². The highest BCUT2D eigenvalue weighted by molar-refractivity contribution is 6.51. The van der Waals surface area contributed by atoms with Gasteiger partial charge in [-0.05, 0) is 48.2 Å². The fraction of sp³-hybridized carbons (Fsp3) is 0.240. The molecule has 1 aromatic heterocycles. The van der Waals surface area contributed by atoms with Gasteiger partial charge in [-0.15, -0.1) is 0 Å². The lowest BCUT2D eigenvalue weighted by molar-refractivity contribution is -0.132. The molecule has 0 spiro atoms. The van der Waals surface area contributed by atoms with E-state index in [0.717, 1.165) is 5.56 Å². The smallest absolute Gasteiger partial charge is 0.301 e. The van der Waals surface area contributed by atoms with Crippen LogP contribution in [0.3, 0.4) is 0 Å². The Morgan fingerprint density at radius 2 is 1.75 bits per heavy atom. The van der Waals surface area contributed by atoms with Crippen LogP contribution in [0.25, 0.3) is 5.76 Å². The van der Waals surface area contributed by atoms with Crippen LogP contribution in [0.5, 0.6) is 5.75 Å². The van der Waals surface area contributed by atoms with Crippen molar-refractivity contribution in [2.24, 2.45) is 0 Å². The van der Waals surface area contributed by atoms with E-state index in [-0.39, 0.29) is 17.2 Å². The second-order valence-corrected chi connectivity index (χ2v) is 8.01. The van der Waals surface area contributed by atoms with Crippen molar-refractivity contribution in [2.75, 3.05) is 12.0 Å². The lowest BCUT2D eigenvalue weighted by Gasteiger charge is -2.23. The summed E-state index contributed by atoms with van der Waals surface area (Å²) in [7, 11) is 1.54. The van der Waals surface area contributed by atoms with E-state index in [1.54, 1.807) is 44.4 Å². The van der Waals surface area contributed by atoms with Gasteiger partial charge in [-0.2, -0.15) is 0 Å². The minimum atomic E-state index is -0.845. The summed E-state index contributed by atoms with van der Waals surface area (Å²) >= 11 is 0. The number of carbonyl (C=O) groups is 2. The van der Waals surface area contributed by atoms with Crippen molar-refractivity contribution in [3.8, 4) is 5.75 Å². The Labute approximate surface area is 185 Å². The number of amides is 1. The quantitative estimate of drug-likeness (QED) is 0.356. The summed E-state index contributed by atoms with van der Waals surface area (Å²) in [5.41, 5.74) is 2.21. The molecule has 7 heteroatoms. The van der Waals surface area contributed by atoms with Gasteiger partial charge in [0.1, 0.15) is 17.3 Å². The van der Waals surface area contributed by atoms with Crippen molar-refractivity contribution in [1.29, 1.82) is 0 Å². The first kappa shape index (κ1) is 21.4. The number of hydrogen-bond acceptors (Lipinski definition) is 6. The average Bonchev–Trinajstić information content (AvgIpc) is 3.34. The summed E-state index contributed by atoms with van der Waals surface area (Å²) in [4.78, 5) is 27.4. The molecule has 0 aliphatic carbocycles. The second-order valence-electron chi connectivity index (χ2n) is 8.01. The number of ether oxygens (including phenoxy) is 1. The molecule has 1 atom stereocenters. The standard InChI is InChI=1S/C25H24N2O5/c1-14(2)16-5-7-17(8-6-16)22-21(23(28)18-9-11-19(31-4)12-10-18)24(29)25(30)27(22)20-13-15(3)32-26-20/h5-14,22,28H,1-4H3/t22-/m1/s1. The molecular weight excluding hydrogens is 408 g/mol. The minimum absolute atomic E-state index is 0.00174. The zero-order chi connectivity index (χ0) is 23.0. The maximum Gasteiger partial charge on any atom is 0.301 e. The van der Waals surface area contributed by atoms with Gasteiger partial charge >= 0.3 is 5.91 Å². The topological polar surface area (TPSA) is 92.9 Å². The summed E-state index contributed by atoms with van der Waals surface area (Å²) in [6.45, 7) is 5.88. The average molecular weight is 432 g/mol. The highest BCUT2D eigenvalue weighted by Gasteiger charge is 2.48. The molecule has 0 bridgehead atoms. The summed E-state index contributed by atoms with van der Waals surface area (Å²) in [5.74, 6) is -0.147. The van der Waals surface area contributed by atoms with Crippen molar-refractivity contribution < 1.29 is 24.0 Å². The molecule has 1 saturated heterocycles. The van der Waals surface area contributed by atoms with Crippen LogP contribution in [0, 0.1) is 6.92 Å². The number of Topliss-reactive ketones (excluding diaryl/α,β-unsaturated/α-hetero) is 1. The molecule has 1 fully saturated rings. The Kier molecular flexibility index (Phi) is 5.57. The fourth-order valence-electron chi connectivity index (χ4n) is 3.82. The maximum absolute atomic E-state index is 13.1. The molecular formula is C25H24N2O5. The molecule has 1 amide bonds. The number of rotatable bonds is 5. The van der Waals surface area contributed by atoms with E-state index in [1.807, 2.05) is 24.3 Å². The number of carbonyl (C=O) groups excluding carboxylic acids is 2. The van der Waals surface area contributed by atoms with Crippen LogP contribution in [0.2, 0.25) is 0 Å². The van der Waals surface area contributed by atoms with Crippen molar-refractivity contribution in [2.45, 2.75) is 32.7 Å². The Bertz CT molecular complexity index is 1190. The highest BCUT2D eigenvalue weighted by atomic mass is 16.5. The SMILES string of the molecule is COc1ccc(C(O)=C2C(=O)C(=O)N(c3cc(C)on3)[C@@H]2c2ccc(C(C)C)cc2)cc1. The molecule has 0 unspecified atom stereocenters. The number of aliphatic hydroxyl groups excluding tert-OH is 1. The third kappa shape index (κ3) is 3.66. The lowest BCUT2D eigenvalue weighted by Crippen LogP contribution is -2.29. The van der Waals surface area contributed by atoms with Crippen LogP contribution in [-0.2, 0) is 9.59 Å². The molecule has 1 aliphatic heterocycles. The number of ketones is 1. The van der Waals surface area contributed by atoms with Crippen LogP contribution >= 0.6 is 0 Å². The molecule has 1 N–H and O–H groups in total. The van der Waals surface area contributed by atoms with E-state index in [0.29, 0.717) is 28.6 Å². The zero-order valence-electron chi connectivity index (χ0n) is 18.3. The minimum Gasteiger partial charge on any atom is -0.507 e. The predicted octanol–water partition coefficient (Wildman–Crippen LogP) is 4.74. The number of aromatic nitrogens is 1. The summed E-state index contributed by atoms with van der Waals surface area (Å²) < 4.78 is 10.3. The fourth-order valence-corrected chi connectivity index (χ4v) is 3.82. The van der Waals surface area contributed by atoms with E-state index >= 15 is 0 Å². The molecule has 2 heterocycles. The van der Waals surface area contributed by atoms with Gasteiger partial charge in [-0.25, -0.2) is 0 Å². The molecule has 4 rings (SSSR count). The number of nitrogens with zero attached hydrogens (tertiary/aromatic N) is 2. The van der Waals surface area contributed by atoms with Gasteiger partial charge in [0.2, 0.25) is 0 Å².